The summed E-state index contributed by atoms with van der Waals surface area (Å²) in [5.41, 5.74) is -2.68. The van der Waals surface area contributed by atoms with Gasteiger partial charge < -0.3 is 9.84 Å². The van der Waals surface area contributed by atoms with Crippen LogP contribution in [0.5, 0.6) is 5.75 Å². The van der Waals surface area contributed by atoms with Gasteiger partial charge in [0.05, 0.1) is 0 Å². The molecule has 1 aromatic heterocycles. The lowest BCUT2D eigenvalue weighted by Crippen LogP contribution is -2.53. The molecule has 1 aliphatic rings. The van der Waals surface area contributed by atoms with Crippen molar-refractivity contribution in [2.45, 2.75) is 37.7 Å². The predicted molar refractivity (Wildman–Crippen MR) is 153 cm³/mol. The molecule has 0 saturated carbocycles. The minimum absolute atomic E-state index is 0.0982. The van der Waals surface area contributed by atoms with Crippen molar-refractivity contribution in [3.05, 3.63) is 120 Å². The number of rotatable bonds is 9. The van der Waals surface area contributed by atoms with Crippen LogP contribution in [0.15, 0.2) is 97.3 Å². The fourth-order valence-corrected chi connectivity index (χ4v) is 5.23. The van der Waals surface area contributed by atoms with Crippen molar-refractivity contribution < 1.29 is 36.2 Å². The molecule has 1 fully saturated rings. The first-order valence-corrected chi connectivity index (χ1v) is 14.0. The minimum atomic E-state index is -6.00. The van der Waals surface area contributed by atoms with Gasteiger partial charge in [0.15, 0.2) is 0 Å². The van der Waals surface area contributed by atoms with Gasteiger partial charge in [0.1, 0.15) is 12.4 Å². The highest BCUT2D eigenvalue weighted by atomic mass is 19.4. The monoisotopic (exact) mass is 615 g/mol. The van der Waals surface area contributed by atoms with Gasteiger partial charge in [0, 0.05) is 62.8 Å². The zero-order valence-corrected chi connectivity index (χ0v) is 23.7. The number of benzene rings is 3. The number of halogens is 6. The molecule has 1 saturated heterocycles. The molecule has 2 heterocycles. The maximum atomic E-state index is 13.6. The molecule has 4 aromatic rings. The Hall–Kier alpha value is -3.93. The Labute approximate surface area is 251 Å². The summed E-state index contributed by atoms with van der Waals surface area (Å²) in [6.07, 6.45) is -8.44. The Morgan fingerprint density at radius 2 is 1.20 bits per heavy atom. The van der Waals surface area contributed by atoms with E-state index in [1.165, 1.54) is 5.56 Å². The van der Waals surface area contributed by atoms with E-state index >= 15 is 0 Å². The average molecular weight is 616 g/mol. The van der Waals surface area contributed by atoms with Gasteiger partial charge in [-0.05, 0) is 40.5 Å². The summed E-state index contributed by atoms with van der Waals surface area (Å²) < 4.78 is 87.6. The predicted octanol–water partition coefficient (Wildman–Crippen LogP) is 6.96. The number of hydrogen-bond acceptors (Lipinski definition) is 5. The van der Waals surface area contributed by atoms with E-state index in [-0.39, 0.29) is 12.4 Å². The Balaban J connectivity index is 1.34. The summed E-state index contributed by atoms with van der Waals surface area (Å²) in [6, 6.07) is 22.4. The Bertz CT molecular complexity index is 1490. The number of pyridine rings is 1. The molecule has 232 valence electrons. The number of ether oxygens (including phenoxy) is 1. The van der Waals surface area contributed by atoms with Crippen LogP contribution in [0.25, 0.3) is 11.1 Å². The average Bonchev–Trinajstić information content (AvgIpc) is 3.01. The lowest BCUT2D eigenvalue weighted by molar-refractivity contribution is -0.376. The smallest absolute Gasteiger partial charge is 0.430 e. The van der Waals surface area contributed by atoms with E-state index in [1.54, 1.807) is 54.9 Å². The highest BCUT2D eigenvalue weighted by molar-refractivity contribution is 5.71. The summed E-state index contributed by atoms with van der Waals surface area (Å²) in [5.74, 6) is -0.212. The molecule has 1 aliphatic heterocycles. The normalized spacial score (nSPS) is 15.3. The standard InChI is InChI=1S/C33H31F6N3O2/c34-32(35,36)31(43,33(37,38)39)28-10-11-29(30(20-28)44-23-26-4-2-1-3-5-26)27-8-6-24(7-9-27)21-41-16-18-42(19-17-41)22-25-12-14-40-15-13-25/h1-15,20,43H,16-19,21-23H2. The third kappa shape index (κ3) is 7.06. The van der Waals surface area contributed by atoms with Crippen LogP contribution in [0.4, 0.5) is 26.3 Å². The highest BCUT2D eigenvalue weighted by Crippen LogP contribution is 2.51. The molecule has 3 aromatic carbocycles. The fraction of sp³-hybridized carbons (Fsp3) is 0.303. The van der Waals surface area contributed by atoms with Crippen LogP contribution in [-0.2, 0) is 25.3 Å². The largest absolute Gasteiger partial charge is 0.488 e. The van der Waals surface area contributed by atoms with Crippen LogP contribution < -0.4 is 4.74 Å². The summed E-state index contributed by atoms with van der Waals surface area (Å²) in [5, 5.41) is 9.99. The van der Waals surface area contributed by atoms with Crippen molar-refractivity contribution in [3.63, 3.8) is 0 Å². The van der Waals surface area contributed by atoms with E-state index in [9.17, 15) is 31.4 Å². The van der Waals surface area contributed by atoms with Gasteiger partial charge in [0.2, 0.25) is 0 Å². The number of aliphatic hydroxyl groups is 1. The fourth-order valence-electron chi connectivity index (χ4n) is 5.23. The van der Waals surface area contributed by atoms with Gasteiger partial charge in [-0.15, -0.1) is 0 Å². The van der Waals surface area contributed by atoms with Crippen molar-refractivity contribution in [2.24, 2.45) is 0 Å². The second-order valence-electron chi connectivity index (χ2n) is 10.8. The maximum absolute atomic E-state index is 13.6. The quantitative estimate of drug-likeness (QED) is 0.207. The zero-order valence-electron chi connectivity index (χ0n) is 23.7. The Morgan fingerprint density at radius 1 is 0.659 bits per heavy atom. The molecule has 11 heteroatoms. The van der Waals surface area contributed by atoms with Crippen molar-refractivity contribution in [2.75, 3.05) is 26.2 Å². The third-order valence-corrected chi connectivity index (χ3v) is 7.75. The van der Waals surface area contributed by atoms with Crippen LogP contribution in [0.2, 0.25) is 0 Å². The molecular weight excluding hydrogens is 584 g/mol. The molecule has 0 radical (unpaired) electrons. The van der Waals surface area contributed by atoms with Gasteiger partial charge in [-0.2, -0.15) is 26.3 Å². The van der Waals surface area contributed by atoms with E-state index in [0.717, 1.165) is 44.4 Å². The van der Waals surface area contributed by atoms with E-state index in [1.807, 2.05) is 24.3 Å². The number of nitrogens with zero attached hydrogens (tertiary/aromatic N) is 3. The molecule has 0 amide bonds. The van der Waals surface area contributed by atoms with Crippen molar-refractivity contribution in [3.8, 4) is 16.9 Å². The molecular formula is C33H31F6N3O2. The first-order valence-electron chi connectivity index (χ1n) is 14.0. The van der Waals surface area contributed by atoms with E-state index in [0.29, 0.717) is 35.4 Å². The van der Waals surface area contributed by atoms with E-state index in [2.05, 4.69) is 14.8 Å². The summed E-state index contributed by atoms with van der Waals surface area (Å²) in [6.45, 7) is 5.05. The molecule has 0 atom stereocenters. The van der Waals surface area contributed by atoms with Crippen LogP contribution in [0, 0.1) is 0 Å². The molecule has 44 heavy (non-hydrogen) atoms. The summed E-state index contributed by atoms with van der Waals surface area (Å²) in [7, 11) is 0. The molecule has 0 aliphatic carbocycles. The number of aromatic nitrogens is 1. The Kier molecular flexibility index (Phi) is 9.28. The molecule has 5 nitrogen and oxygen atoms in total. The highest BCUT2D eigenvalue weighted by Gasteiger charge is 2.71. The van der Waals surface area contributed by atoms with E-state index < -0.39 is 23.5 Å². The van der Waals surface area contributed by atoms with Crippen LogP contribution >= 0.6 is 0 Å². The van der Waals surface area contributed by atoms with E-state index in [4.69, 9.17) is 4.74 Å². The van der Waals surface area contributed by atoms with Crippen molar-refractivity contribution >= 4 is 0 Å². The molecule has 0 spiro atoms. The van der Waals surface area contributed by atoms with Gasteiger partial charge in [0.25, 0.3) is 5.60 Å². The van der Waals surface area contributed by atoms with Crippen molar-refractivity contribution in [1.29, 1.82) is 0 Å². The molecule has 0 bridgehead atoms. The van der Waals surface area contributed by atoms with Gasteiger partial charge in [-0.25, -0.2) is 0 Å². The first kappa shape index (κ1) is 31.5. The summed E-state index contributed by atoms with van der Waals surface area (Å²) >= 11 is 0. The SMILES string of the molecule is OC(c1ccc(-c2ccc(CN3CCN(Cc4ccncc4)CC3)cc2)c(OCc2ccccc2)c1)(C(F)(F)F)C(F)(F)F. The second kappa shape index (κ2) is 13.0. The van der Waals surface area contributed by atoms with Crippen LogP contribution in [0.3, 0.4) is 0 Å². The first-order chi connectivity index (χ1) is 20.9. The van der Waals surface area contributed by atoms with Gasteiger partial charge in [-0.3, -0.25) is 14.8 Å². The van der Waals surface area contributed by atoms with Gasteiger partial charge in [-0.1, -0.05) is 66.7 Å². The zero-order chi connectivity index (χ0) is 31.4. The number of piperazine rings is 1. The number of hydrogen-bond donors (Lipinski definition) is 1. The van der Waals surface area contributed by atoms with Gasteiger partial charge >= 0.3 is 12.4 Å². The third-order valence-electron chi connectivity index (χ3n) is 7.75. The summed E-state index contributed by atoms with van der Waals surface area (Å²) in [4.78, 5) is 8.77. The molecule has 1 N–H and O–H groups in total. The number of alkyl halides is 6. The molecule has 5 rings (SSSR count). The lowest BCUT2D eigenvalue weighted by Gasteiger charge is -2.34. The van der Waals surface area contributed by atoms with Crippen LogP contribution in [0.1, 0.15) is 22.3 Å². The lowest BCUT2D eigenvalue weighted by atomic mass is 9.90. The molecule has 0 unspecified atom stereocenters. The Morgan fingerprint density at radius 3 is 1.75 bits per heavy atom. The maximum Gasteiger partial charge on any atom is 0.430 e. The van der Waals surface area contributed by atoms with Crippen LogP contribution in [-0.4, -0.2) is 58.4 Å². The minimum Gasteiger partial charge on any atom is -0.488 e. The van der Waals surface area contributed by atoms with Crippen molar-refractivity contribution in [1.82, 2.24) is 14.8 Å². The topological polar surface area (TPSA) is 48.8 Å². The second-order valence-corrected chi connectivity index (χ2v) is 10.8.